The van der Waals surface area contributed by atoms with E-state index in [1.54, 1.807) is 51.4 Å². The highest BCUT2D eigenvalue weighted by Gasteiger charge is 2.31. The Bertz CT molecular complexity index is 397. The zero-order chi connectivity index (χ0) is 20.4. The van der Waals surface area contributed by atoms with Crippen molar-refractivity contribution in [3.05, 3.63) is 12.2 Å². The molecule has 0 aromatic rings. The molecule has 0 aliphatic heterocycles. The van der Waals surface area contributed by atoms with E-state index in [0.29, 0.717) is 0 Å². The van der Waals surface area contributed by atoms with E-state index in [4.69, 9.17) is 0 Å². The fourth-order valence-electron chi connectivity index (χ4n) is 7.24. The maximum Gasteiger partial charge on any atom is -0.0140 e. The first kappa shape index (κ1) is 23.7. The molecule has 0 radical (unpaired) electrons. The summed E-state index contributed by atoms with van der Waals surface area (Å²) in [5.74, 6) is 0. The van der Waals surface area contributed by atoms with Crippen molar-refractivity contribution in [1.29, 1.82) is 0 Å². The van der Waals surface area contributed by atoms with Crippen LogP contribution in [0.25, 0.3) is 0 Å². The van der Waals surface area contributed by atoms with Gasteiger partial charge in [0.2, 0.25) is 0 Å². The summed E-state index contributed by atoms with van der Waals surface area (Å²) >= 11 is 0. The molecule has 2 heteroatoms. The summed E-state index contributed by atoms with van der Waals surface area (Å²) in [6.07, 6.45) is 39.5. The molecule has 0 aromatic heterocycles. The maximum atomic E-state index is 2.75. The molecule has 0 amide bonds. The standard InChI is InChI=1S/C28H50P2/c1-5-15-25(16-6-1)29(26-17-7-2-8-18-26)23-13-14-24-30(27-19-9-3-10-20-27)28-21-11-4-12-22-28/h13-14,25-28H,1-12,15-24H2/b14-13+. The lowest BCUT2D eigenvalue weighted by Crippen LogP contribution is -2.22. The molecule has 4 fully saturated rings. The van der Waals surface area contributed by atoms with Gasteiger partial charge in [0.15, 0.2) is 0 Å². The molecule has 0 spiro atoms. The molecular weight excluding hydrogens is 398 g/mol. The maximum absolute atomic E-state index is 2.75. The molecule has 0 unspecified atom stereocenters. The molecule has 4 aliphatic carbocycles. The van der Waals surface area contributed by atoms with Gasteiger partial charge in [-0.05, 0) is 86.3 Å². The monoisotopic (exact) mass is 448 g/mol. The van der Waals surface area contributed by atoms with E-state index in [1.807, 2.05) is 0 Å². The van der Waals surface area contributed by atoms with E-state index in [1.165, 1.54) is 89.4 Å². The predicted octanol–water partition coefficient (Wildman–Crippen LogP) is 9.84. The Kier molecular flexibility index (Phi) is 10.6. The number of hydrogen-bond acceptors (Lipinski definition) is 0. The highest BCUT2D eigenvalue weighted by molar-refractivity contribution is 7.59. The van der Waals surface area contributed by atoms with Crippen molar-refractivity contribution in [2.24, 2.45) is 0 Å². The molecular formula is C28H50P2. The fraction of sp³-hybridized carbons (Fsp3) is 0.929. The van der Waals surface area contributed by atoms with Crippen LogP contribution in [0.4, 0.5) is 0 Å². The van der Waals surface area contributed by atoms with Crippen molar-refractivity contribution in [2.75, 3.05) is 12.3 Å². The lowest BCUT2D eigenvalue weighted by Gasteiger charge is -2.39. The highest BCUT2D eigenvalue weighted by atomic mass is 31.1. The van der Waals surface area contributed by atoms with E-state index < -0.39 is 0 Å². The van der Waals surface area contributed by atoms with Crippen molar-refractivity contribution >= 4 is 15.8 Å². The van der Waals surface area contributed by atoms with E-state index in [2.05, 4.69) is 12.2 Å². The average molecular weight is 449 g/mol. The SMILES string of the molecule is C(=C\CP(C1CCCCC1)C1CCCCC1)/CP(C1CCCCC1)C1CCCCC1. The van der Waals surface area contributed by atoms with Crippen LogP contribution in [0.1, 0.15) is 128 Å². The van der Waals surface area contributed by atoms with Gasteiger partial charge in [0.1, 0.15) is 0 Å². The Morgan fingerprint density at radius 1 is 0.367 bits per heavy atom. The summed E-state index contributed by atoms with van der Waals surface area (Å²) in [6, 6.07) is 0. The number of hydrogen-bond donors (Lipinski definition) is 0. The summed E-state index contributed by atoms with van der Waals surface area (Å²) < 4.78 is 0. The molecule has 4 rings (SSSR count). The highest BCUT2D eigenvalue weighted by Crippen LogP contribution is 2.57. The molecule has 0 N–H and O–H groups in total. The summed E-state index contributed by atoms with van der Waals surface area (Å²) in [5, 5.41) is 0. The van der Waals surface area contributed by atoms with Crippen molar-refractivity contribution in [3.8, 4) is 0 Å². The summed E-state index contributed by atoms with van der Waals surface area (Å²) in [7, 11) is 0.527. The molecule has 0 heterocycles. The molecule has 0 saturated heterocycles. The van der Waals surface area contributed by atoms with Crippen LogP contribution in [0.2, 0.25) is 0 Å². The third-order valence-corrected chi connectivity index (χ3v) is 16.1. The van der Waals surface area contributed by atoms with Gasteiger partial charge in [-0.25, -0.2) is 0 Å². The van der Waals surface area contributed by atoms with E-state index in [-0.39, 0.29) is 15.8 Å². The number of allylic oxidation sites excluding steroid dienone is 2. The molecule has 0 atom stereocenters. The third-order valence-electron chi connectivity index (χ3n) is 8.97. The van der Waals surface area contributed by atoms with Gasteiger partial charge in [-0.1, -0.05) is 105 Å². The van der Waals surface area contributed by atoms with Crippen molar-refractivity contribution in [2.45, 2.75) is 151 Å². The Morgan fingerprint density at radius 2 is 0.600 bits per heavy atom. The van der Waals surface area contributed by atoms with Gasteiger partial charge in [0.25, 0.3) is 0 Å². The van der Waals surface area contributed by atoms with Gasteiger partial charge in [-0.2, -0.15) is 0 Å². The molecule has 0 bridgehead atoms. The van der Waals surface area contributed by atoms with E-state index >= 15 is 0 Å². The fourth-order valence-corrected chi connectivity index (χ4v) is 14.5. The van der Waals surface area contributed by atoms with Crippen LogP contribution in [-0.2, 0) is 0 Å². The first-order valence-electron chi connectivity index (χ1n) is 14.1. The summed E-state index contributed by atoms with van der Waals surface area (Å²) in [5.41, 5.74) is 4.50. The minimum absolute atomic E-state index is 0.264. The zero-order valence-electron chi connectivity index (χ0n) is 19.9. The molecule has 0 aromatic carbocycles. The largest absolute Gasteiger partial charge is 0.0965 e. The number of rotatable bonds is 8. The quantitative estimate of drug-likeness (QED) is 0.256. The van der Waals surface area contributed by atoms with Crippen LogP contribution in [0.15, 0.2) is 12.2 Å². The minimum atomic E-state index is 0.264. The van der Waals surface area contributed by atoms with Crippen LogP contribution in [-0.4, -0.2) is 35.0 Å². The van der Waals surface area contributed by atoms with Gasteiger partial charge < -0.3 is 0 Å². The predicted molar refractivity (Wildman–Crippen MR) is 140 cm³/mol. The molecule has 30 heavy (non-hydrogen) atoms. The summed E-state index contributed by atoms with van der Waals surface area (Å²) in [4.78, 5) is 0. The van der Waals surface area contributed by atoms with Gasteiger partial charge in [0.05, 0.1) is 0 Å². The third kappa shape index (κ3) is 7.05. The molecule has 172 valence electrons. The van der Waals surface area contributed by atoms with E-state index in [0.717, 1.165) is 22.6 Å². The lowest BCUT2D eigenvalue weighted by atomic mass is 9.99. The lowest BCUT2D eigenvalue weighted by molar-refractivity contribution is 0.484. The van der Waals surface area contributed by atoms with Gasteiger partial charge in [-0.3, -0.25) is 0 Å². The van der Waals surface area contributed by atoms with Crippen LogP contribution in [0.3, 0.4) is 0 Å². The molecule has 4 aliphatic rings. The van der Waals surface area contributed by atoms with Gasteiger partial charge in [0, 0.05) is 0 Å². The summed E-state index contributed by atoms with van der Waals surface area (Å²) in [6.45, 7) is 0. The van der Waals surface area contributed by atoms with Gasteiger partial charge >= 0.3 is 0 Å². The average Bonchev–Trinajstić information content (AvgIpc) is 2.84. The zero-order valence-corrected chi connectivity index (χ0v) is 21.7. The van der Waals surface area contributed by atoms with Crippen molar-refractivity contribution in [1.82, 2.24) is 0 Å². The second kappa shape index (κ2) is 13.3. The van der Waals surface area contributed by atoms with Crippen LogP contribution in [0, 0.1) is 0 Å². The van der Waals surface area contributed by atoms with Crippen LogP contribution >= 0.6 is 15.8 Å². The topological polar surface area (TPSA) is 0 Å². The first-order valence-corrected chi connectivity index (χ1v) is 17.4. The second-order valence-corrected chi connectivity index (χ2v) is 16.7. The first-order chi connectivity index (χ1) is 14.9. The Hall–Kier alpha value is 0.600. The van der Waals surface area contributed by atoms with E-state index in [9.17, 15) is 0 Å². The second-order valence-electron chi connectivity index (χ2n) is 11.0. The van der Waals surface area contributed by atoms with Crippen molar-refractivity contribution < 1.29 is 0 Å². The molecule has 0 nitrogen and oxygen atoms in total. The molecule has 4 saturated carbocycles. The smallest absolute Gasteiger partial charge is 0.0140 e. The van der Waals surface area contributed by atoms with Crippen LogP contribution in [0.5, 0.6) is 0 Å². The van der Waals surface area contributed by atoms with Crippen LogP contribution < -0.4 is 0 Å². The van der Waals surface area contributed by atoms with Crippen molar-refractivity contribution in [3.63, 3.8) is 0 Å². The Balaban J connectivity index is 1.35. The van der Waals surface area contributed by atoms with Gasteiger partial charge in [-0.15, -0.1) is 0 Å². The Morgan fingerprint density at radius 3 is 0.833 bits per heavy atom. The minimum Gasteiger partial charge on any atom is -0.0965 e. The Labute approximate surface area is 191 Å². The normalized spacial score (nSPS) is 26.9.